The lowest BCUT2D eigenvalue weighted by Crippen LogP contribution is -2.47. The van der Waals surface area contributed by atoms with E-state index in [4.69, 9.17) is 26.7 Å². The number of hydrogen-bond donors (Lipinski definition) is 6. The molecule has 6 atom stereocenters. The van der Waals surface area contributed by atoms with Crippen LogP contribution in [0.2, 0.25) is 0 Å². The van der Waals surface area contributed by atoms with Crippen molar-refractivity contribution in [1.29, 1.82) is 0 Å². The third kappa shape index (κ3) is 50.7. The molecule has 0 radical (unpaired) electrons. The molecule has 0 amide bonds. The summed E-state index contributed by atoms with van der Waals surface area (Å²) in [5.74, 6) is 0. The smallest absolute Gasteiger partial charge is 0.394 e. The Morgan fingerprint density at radius 3 is 0.782 bits per heavy atom. The van der Waals surface area contributed by atoms with Crippen LogP contribution in [0.3, 0.4) is 0 Å². The molecule has 0 aliphatic rings. The summed E-state index contributed by atoms with van der Waals surface area (Å²) in [6.07, 6.45) is 47.4. The van der Waals surface area contributed by atoms with E-state index in [-0.39, 0.29) is 19.8 Å². The first-order chi connectivity index (χ1) is 37.8. The van der Waals surface area contributed by atoms with Crippen LogP contribution < -0.4 is 0 Å². The van der Waals surface area contributed by atoms with Gasteiger partial charge in [-0.2, -0.15) is 8.62 Å². The minimum atomic E-state index is -5.51. The molecule has 470 valence electrons. The van der Waals surface area contributed by atoms with Gasteiger partial charge in [-0.15, -0.1) is 0 Å². The van der Waals surface area contributed by atoms with Gasteiger partial charge in [0.05, 0.1) is 33.0 Å². The fourth-order valence-corrected chi connectivity index (χ4v) is 14.5. The van der Waals surface area contributed by atoms with Gasteiger partial charge in [0.25, 0.3) is 0 Å². The predicted molar refractivity (Wildman–Crippen MR) is 321 cm³/mol. The maximum absolute atomic E-state index is 14.4. The molecule has 2 unspecified atom stereocenters. The maximum atomic E-state index is 14.4. The number of unbranched alkanes of at least 4 members (excludes halogenated alkanes) is 45. The quantitative estimate of drug-likeness (QED) is 0.0246. The van der Waals surface area contributed by atoms with Gasteiger partial charge in [-0.1, -0.05) is 310 Å². The van der Waals surface area contributed by atoms with E-state index in [0.29, 0.717) is 25.7 Å². The van der Waals surface area contributed by atoms with E-state index in [2.05, 4.69) is 20.8 Å². The normalized spacial score (nSPS) is 15.3. The monoisotopic (exact) mass is 1180 g/mol. The molecule has 0 fully saturated rings. The Kier molecular flexibility index (Phi) is 56.5. The van der Waals surface area contributed by atoms with E-state index >= 15 is 0 Å². The average Bonchev–Trinajstić information content (AvgIpc) is 3.42. The van der Waals surface area contributed by atoms with Gasteiger partial charge in [0, 0.05) is 0 Å². The summed E-state index contributed by atoms with van der Waals surface area (Å²) in [4.78, 5) is 10.8. The molecular formula is C60H125O15P3. The Labute approximate surface area is 478 Å². The SMILES string of the molecule is CCCCCCCCCCCCCCCCCCOP(=O)(O)OP(=O)(OC[C@H](O)[C@@H](O)[C@@H](O)[C@H](O)CO)OP(=O)(OCCCCCCCCCCCCCCCCCC)OCCCCCCCCCCCCCCCCCC. The number of phosphoric acid groups is 3. The summed E-state index contributed by atoms with van der Waals surface area (Å²) in [5, 5.41) is 50.3. The Morgan fingerprint density at radius 1 is 0.295 bits per heavy atom. The van der Waals surface area contributed by atoms with Gasteiger partial charge < -0.3 is 30.4 Å². The first-order valence-electron chi connectivity index (χ1n) is 32.6. The van der Waals surface area contributed by atoms with Crippen LogP contribution in [0, 0.1) is 0 Å². The molecule has 0 aliphatic heterocycles. The van der Waals surface area contributed by atoms with Crippen LogP contribution >= 0.6 is 23.5 Å². The summed E-state index contributed by atoms with van der Waals surface area (Å²) in [7, 11) is -15.6. The van der Waals surface area contributed by atoms with E-state index in [0.717, 1.165) is 70.6 Å². The molecule has 6 N–H and O–H groups in total. The summed E-state index contributed by atoms with van der Waals surface area (Å²) in [6.45, 7) is 4.16. The van der Waals surface area contributed by atoms with Crippen molar-refractivity contribution in [3.63, 3.8) is 0 Å². The third-order valence-corrected chi connectivity index (χ3v) is 20.1. The number of hydrogen-bond acceptors (Lipinski definition) is 14. The Balaban J connectivity index is 5.41. The molecule has 0 rings (SSSR count). The lowest BCUT2D eigenvalue weighted by Gasteiger charge is -2.28. The number of rotatable bonds is 65. The summed E-state index contributed by atoms with van der Waals surface area (Å²) in [6, 6.07) is 0. The van der Waals surface area contributed by atoms with Gasteiger partial charge >= 0.3 is 23.5 Å². The molecule has 0 saturated carbocycles. The molecule has 0 saturated heterocycles. The molecule has 0 aromatic carbocycles. The highest BCUT2D eigenvalue weighted by Gasteiger charge is 2.47. The largest absolute Gasteiger partial charge is 0.492 e. The van der Waals surface area contributed by atoms with Crippen LogP contribution in [0.1, 0.15) is 329 Å². The molecule has 18 heteroatoms. The zero-order valence-corrected chi connectivity index (χ0v) is 53.2. The topological polar surface area (TPSA) is 228 Å². The molecule has 0 aromatic rings. The Bertz CT molecular complexity index is 1360. The second-order valence-corrected chi connectivity index (χ2v) is 27.6. The Hall–Kier alpha value is 0.210. The highest BCUT2D eigenvalue weighted by Crippen LogP contribution is 2.72. The van der Waals surface area contributed by atoms with Crippen LogP contribution in [-0.2, 0) is 40.4 Å². The van der Waals surface area contributed by atoms with Crippen molar-refractivity contribution in [3.8, 4) is 0 Å². The van der Waals surface area contributed by atoms with Gasteiger partial charge in [0.1, 0.15) is 24.4 Å². The van der Waals surface area contributed by atoms with Crippen molar-refractivity contribution in [2.75, 3.05) is 33.0 Å². The third-order valence-electron chi connectivity index (χ3n) is 14.9. The maximum Gasteiger partial charge on any atom is 0.492 e. The molecular weight excluding hydrogens is 1050 g/mol. The second kappa shape index (κ2) is 56.3. The van der Waals surface area contributed by atoms with Crippen molar-refractivity contribution in [1.82, 2.24) is 0 Å². The van der Waals surface area contributed by atoms with E-state index in [9.17, 15) is 44.1 Å². The van der Waals surface area contributed by atoms with Crippen molar-refractivity contribution >= 4 is 23.5 Å². The number of aliphatic hydroxyl groups excluding tert-OH is 5. The average molecular weight is 1180 g/mol. The summed E-state index contributed by atoms with van der Waals surface area (Å²) >= 11 is 0. The Morgan fingerprint density at radius 2 is 0.526 bits per heavy atom. The highest BCUT2D eigenvalue weighted by atomic mass is 31.3. The first-order valence-corrected chi connectivity index (χ1v) is 37.1. The minimum absolute atomic E-state index is 0.117. The van der Waals surface area contributed by atoms with E-state index in [1.54, 1.807) is 0 Å². The fraction of sp³-hybridized carbons (Fsp3) is 1.00. The van der Waals surface area contributed by atoms with Crippen molar-refractivity contribution in [3.05, 3.63) is 0 Å². The molecule has 0 aliphatic carbocycles. The zero-order chi connectivity index (χ0) is 57.5. The molecule has 0 spiro atoms. The number of aliphatic hydroxyl groups is 5. The van der Waals surface area contributed by atoms with Gasteiger partial charge in [-0.05, 0) is 19.3 Å². The van der Waals surface area contributed by atoms with Crippen molar-refractivity contribution in [2.24, 2.45) is 0 Å². The van der Waals surface area contributed by atoms with Crippen LogP contribution in [0.5, 0.6) is 0 Å². The lowest BCUT2D eigenvalue weighted by atomic mass is 10.0. The molecule has 15 nitrogen and oxygen atoms in total. The van der Waals surface area contributed by atoms with Gasteiger partial charge in [0.15, 0.2) is 0 Å². The zero-order valence-electron chi connectivity index (χ0n) is 50.5. The van der Waals surface area contributed by atoms with Crippen molar-refractivity contribution in [2.45, 2.75) is 353 Å². The van der Waals surface area contributed by atoms with E-state index in [1.165, 1.54) is 212 Å². The van der Waals surface area contributed by atoms with Crippen LogP contribution in [0.4, 0.5) is 0 Å². The highest BCUT2D eigenvalue weighted by molar-refractivity contribution is 7.67. The van der Waals surface area contributed by atoms with Gasteiger partial charge in [-0.3, -0.25) is 18.1 Å². The molecule has 0 aromatic heterocycles. The summed E-state index contributed by atoms with van der Waals surface area (Å²) < 4.78 is 74.1. The molecule has 0 bridgehead atoms. The van der Waals surface area contributed by atoms with Crippen LogP contribution in [-0.4, -0.2) is 87.9 Å². The minimum Gasteiger partial charge on any atom is -0.394 e. The van der Waals surface area contributed by atoms with Crippen molar-refractivity contribution < 1.29 is 70.8 Å². The predicted octanol–water partition coefficient (Wildman–Crippen LogP) is 18.6. The molecule has 0 heterocycles. The van der Waals surface area contributed by atoms with E-state index in [1.807, 2.05) is 0 Å². The fourth-order valence-electron chi connectivity index (χ4n) is 9.73. The number of phosphoric ester groups is 2. The van der Waals surface area contributed by atoms with Crippen LogP contribution in [0.15, 0.2) is 0 Å². The van der Waals surface area contributed by atoms with Gasteiger partial charge in [0.2, 0.25) is 0 Å². The summed E-state index contributed by atoms with van der Waals surface area (Å²) in [5.41, 5.74) is 0. The second-order valence-electron chi connectivity index (χ2n) is 22.5. The van der Waals surface area contributed by atoms with Gasteiger partial charge in [-0.25, -0.2) is 13.7 Å². The van der Waals surface area contributed by atoms with Crippen LogP contribution in [0.25, 0.3) is 0 Å². The first kappa shape index (κ1) is 78.2. The molecule has 78 heavy (non-hydrogen) atoms. The standard InChI is InChI=1S/C60H125O15P3/c1-4-7-10-13-16-19-22-25-28-31-34-37-40-43-46-49-52-70-76(66,67)74-78(69,73-56-58(63)60(65)59(64)57(62)55-61)75-77(68,71-53-50-47-44-41-38-35-32-29-26-23-20-17-14-11-8-5-2)72-54-51-48-45-42-39-36-33-30-27-24-21-18-15-12-9-6-3/h57-65H,4-56H2,1-3H3,(H,66,67)/t57-,58+,59+,60-,78?/m1/s1. The lowest BCUT2D eigenvalue weighted by molar-refractivity contribution is -0.122. The van der Waals surface area contributed by atoms with E-state index < -0.39 is 61.1 Å².